The van der Waals surface area contributed by atoms with Gasteiger partial charge in [-0.25, -0.2) is 9.97 Å². The fourth-order valence-electron chi connectivity index (χ4n) is 2.24. The van der Waals surface area contributed by atoms with E-state index in [9.17, 15) is 13.2 Å². The van der Waals surface area contributed by atoms with Gasteiger partial charge in [0.05, 0.1) is 12.3 Å². The molecule has 2 aromatic heterocycles. The van der Waals surface area contributed by atoms with Crippen molar-refractivity contribution in [3.8, 4) is 11.3 Å². The lowest BCUT2D eigenvalue weighted by Crippen LogP contribution is -2.15. The summed E-state index contributed by atoms with van der Waals surface area (Å²) in [7, 11) is 0. The van der Waals surface area contributed by atoms with Gasteiger partial charge in [0.2, 0.25) is 0 Å². The van der Waals surface area contributed by atoms with Gasteiger partial charge >= 0.3 is 6.36 Å². The van der Waals surface area contributed by atoms with E-state index in [2.05, 4.69) is 24.9 Å². The SMILES string of the molecule is FC(F)(F)OC[C@@H]1C[C@H]1c1cc(-c2cncnc2)nnc1Cl. The number of nitrogens with zero attached hydrogens (tertiary/aromatic N) is 4. The van der Waals surface area contributed by atoms with E-state index in [4.69, 9.17) is 11.6 Å². The third-order valence-corrected chi connectivity index (χ3v) is 3.71. The highest BCUT2D eigenvalue weighted by molar-refractivity contribution is 6.30. The van der Waals surface area contributed by atoms with Crippen LogP contribution >= 0.6 is 11.6 Å². The second kappa shape index (κ2) is 5.77. The first-order valence-electron chi connectivity index (χ1n) is 6.43. The first kappa shape index (κ1) is 15.1. The van der Waals surface area contributed by atoms with Gasteiger partial charge in [-0.3, -0.25) is 4.74 Å². The van der Waals surface area contributed by atoms with Crippen molar-refractivity contribution in [3.05, 3.63) is 35.5 Å². The van der Waals surface area contributed by atoms with Crippen molar-refractivity contribution in [3.63, 3.8) is 0 Å². The Bertz CT molecular complexity index is 668. The lowest BCUT2D eigenvalue weighted by molar-refractivity contribution is -0.326. The van der Waals surface area contributed by atoms with Gasteiger partial charge in [0, 0.05) is 18.0 Å². The predicted octanol–water partition coefficient (Wildman–Crippen LogP) is 3.23. The lowest BCUT2D eigenvalue weighted by atomic mass is 10.1. The molecule has 116 valence electrons. The Morgan fingerprint density at radius 2 is 1.95 bits per heavy atom. The van der Waals surface area contributed by atoms with Crippen LogP contribution in [0.3, 0.4) is 0 Å². The summed E-state index contributed by atoms with van der Waals surface area (Å²) in [4.78, 5) is 7.78. The topological polar surface area (TPSA) is 60.8 Å². The molecule has 2 heterocycles. The first-order chi connectivity index (χ1) is 10.4. The van der Waals surface area contributed by atoms with Gasteiger partial charge in [-0.05, 0) is 29.9 Å². The van der Waals surface area contributed by atoms with E-state index in [0.717, 1.165) is 0 Å². The Hall–Kier alpha value is -1.80. The third kappa shape index (κ3) is 3.50. The monoisotopic (exact) mass is 330 g/mol. The van der Waals surface area contributed by atoms with Crippen molar-refractivity contribution in [1.29, 1.82) is 0 Å². The number of rotatable bonds is 4. The molecule has 2 atom stereocenters. The number of aromatic nitrogens is 4. The van der Waals surface area contributed by atoms with Crippen LogP contribution < -0.4 is 0 Å². The van der Waals surface area contributed by atoms with Gasteiger partial charge < -0.3 is 0 Å². The molecular formula is C13H10ClF3N4O. The molecule has 0 aliphatic heterocycles. The van der Waals surface area contributed by atoms with E-state index in [0.29, 0.717) is 23.2 Å². The number of hydrogen-bond acceptors (Lipinski definition) is 5. The van der Waals surface area contributed by atoms with Crippen LogP contribution in [0.4, 0.5) is 13.2 Å². The highest BCUT2D eigenvalue weighted by atomic mass is 35.5. The molecular weight excluding hydrogens is 321 g/mol. The van der Waals surface area contributed by atoms with Crippen molar-refractivity contribution >= 4 is 11.6 Å². The lowest BCUT2D eigenvalue weighted by Gasteiger charge is -2.08. The van der Waals surface area contributed by atoms with Crippen molar-refractivity contribution in [2.24, 2.45) is 5.92 Å². The maximum absolute atomic E-state index is 12.1. The Labute approximate surface area is 128 Å². The molecule has 0 N–H and O–H groups in total. The molecule has 0 unspecified atom stereocenters. The van der Waals surface area contributed by atoms with Crippen molar-refractivity contribution in [2.45, 2.75) is 18.7 Å². The summed E-state index contributed by atoms with van der Waals surface area (Å²) in [5, 5.41) is 8.01. The zero-order valence-electron chi connectivity index (χ0n) is 11.1. The first-order valence-corrected chi connectivity index (χ1v) is 6.81. The summed E-state index contributed by atoms with van der Waals surface area (Å²) >= 11 is 6.01. The number of hydrogen-bond donors (Lipinski definition) is 0. The van der Waals surface area contributed by atoms with Gasteiger partial charge in [-0.2, -0.15) is 0 Å². The molecule has 1 aliphatic rings. The smallest absolute Gasteiger partial charge is 0.292 e. The standard InChI is InChI=1S/C13H10ClF3N4O/c14-12-10(9-1-7(9)5-22-13(15,16)17)2-11(20-21-12)8-3-18-6-19-4-8/h2-4,6-7,9H,1,5H2/t7-,9+/m0/s1. The van der Waals surface area contributed by atoms with Gasteiger partial charge in [0.25, 0.3) is 0 Å². The Morgan fingerprint density at radius 1 is 1.23 bits per heavy atom. The van der Waals surface area contributed by atoms with Crippen LogP contribution in [0, 0.1) is 5.92 Å². The van der Waals surface area contributed by atoms with E-state index >= 15 is 0 Å². The molecule has 5 nitrogen and oxygen atoms in total. The van der Waals surface area contributed by atoms with Crippen LogP contribution in [0.2, 0.25) is 5.15 Å². The second-order valence-electron chi connectivity index (χ2n) is 4.96. The minimum Gasteiger partial charge on any atom is -0.292 e. The molecule has 0 spiro atoms. The van der Waals surface area contributed by atoms with E-state index in [1.165, 1.54) is 6.33 Å². The van der Waals surface area contributed by atoms with Crippen molar-refractivity contribution in [1.82, 2.24) is 20.2 Å². The van der Waals surface area contributed by atoms with E-state index in [1.807, 2.05) is 0 Å². The van der Waals surface area contributed by atoms with Crippen LogP contribution in [-0.2, 0) is 4.74 Å². The maximum Gasteiger partial charge on any atom is 0.522 e. The molecule has 1 saturated carbocycles. The van der Waals surface area contributed by atoms with Crippen LogP contribution in [0.1, 0.15) is 17.9 Å². The summed E-state index contributed by atoms with van der Waals surface area (Å²) in [6, 6.07) is 1.71. The van der Waals surface area contributed by atoms with Crippen LogP contribution in [0.15, 0.2) is 24.8 Å². The largest absolute Gasteiger partial charge is 0.522 e. The molecule has 1 aliphatic carbocycles. The highest BCUT2D eigenvalue weighted by Crippen LogP contribution is 2.50. The second-order valence-corrected chi connectivity index (χ2v) is 5.32. The highest BCUT2D eigenvalue weighted by Gasteiger charge is 2.43. The predicted molar refractivity (Wildman–Crippen MR) is 70.9 cm³/mol. The van der Waals surface area contributed by atoms with Gasteiger partial charge in [0.15, 0.2) is 5.15 Å². The molecule has 0 radical (unpaired) electrons. The summed E-state index contributed by atoms with van der Waals surface area (Å²) in [5.74, 6) is -0.322. The zero-order chi connectivity index (χ0) is 15.7. The van der Waals surface area contributed by atoms with Gasteiger partial charge in [-0.1, -0.05) is 11.6 Å². The minimum atomic E-state index is -4.61. The Morgan fingerprint density at radius 3 is 2.64 bits per heavy atom. The summed E-state index contributed by atoms with van der Waals surface area (Å²) < 4.78 is 40.0. The normalized spacial score (nSPS) is 20.9. The molecule has 0 amide bonds. The van der Waals surface area contributed by atoms with Crippen LogP contribution in [0.25, 0.3) is 11.3 Å². The average molecular weight is 331 g/mol. The van der Waals surface area contributed by atoms with Crippen molar-refractivity contribution < 1.29 is 17.9 Å². The fourth-order valence-corrected chi connectivity index (χ4v) is 2.47. The number of ether oxygens (including phenoxy) is 1. The van der Waals surface area contributed by atoms with Crippen molar-refractivity contribution in [2.75, 3.05) is 6.61 Å². The number of alkyl halides is 3. The molecule has 1 fully saturated rings. The summed E-state index contributed by atoms with van der Waals surface area (Å²) in [5.41, 5.74) is 1.87. The molecule has 0 aromatic carbocycles. The summed E-state index contributed by atoms with van der Waals surface area (Å²) in [6.07, 6.45) is 0.503. The molecule has 2 aromatic rings. The van der Waals surface area contributed by atoms with Gasteiger partial charge in [0.1, 0.15) is 6.33 Å². The molecule has 0 bridgehead atoms. The Kier molecular flexibility index (Phi) is 3.96. The van der Waals surface area contributed by atoms with Gasteiger partial charge in [-0.15, -0.1) is 23.4 Å². The average Bonchev–Trinajstić information content (AvgIpc) is 3.25. The van der Waals surface area contributed by atoms with Crippen LogP contribution in [0.5, 0.6) is 0 Å². The quantitative estimate of drug-likeness (QED) is 0.861. The molecule has 0 saturated heterocycles. The minimum absolute atomic E-state index is 0.103. The molecule has 22 heavy (non-hydrogen) atoms. The molecule has 9 heteroatoms. The molecule has 3 rings (SSSR count). The summed E-state index contributed by atoms with van der Waals surface area (Å²) in [6.45, 7) is -0.378. The Balaban J connectivity index is 1.75. The van der Waals surface area contributed by atoms with E-state index in [1.54, 1.807) is 18.5 Å². The third-order valence-electron chi connectivity index (χ3n) is 3.42. The zero-order valence-corrected chi connectivity index (χ0v) is 11.8. The van der Waals surface area contributed by atoms with E-state index < -0.39 is 6.36 Å². The van der Waals surface area contributed by atoms with E-state index in [-0.39, 0.29) is 23.6 Å². The maximum atomic E-state index is 12.1. The fraction of sp³-hybridized carbons (Fsp3) is 0.385. The number of halogens is 4. The van der Waals surface area contributed by atoms with Crippen LogP contribution in [-0.4, -0.2) is 33.1 Å².